The zero-order valence-electron chi connectivity index (χ0n) is 14.3. The topological polar surface area (TPSA) is 54.2 Å². The third-order valence-electron chi connectivity index (χ3n) is 3.42. The van der Waals surface area contributed by atoms with Gasteiger partial charge in [-0.1, -0.05) is 6.92 Å². The van der Waals surface area contributed by atoms with Gasteiger partial charge in [-0.25, -0.2) is 4.99 Å². The Kier molecular flexibility index (Phi) is 7.13. The second-order valence-corrected chi connectivity index (χ2v) is 6.73. The van der Waals surface area contributed by atoms with E-state index in [-0.39, 0.29) is 0 Å². The van der Waals surface area contributed by atoms with E-state index in [0.29, 0.717) is 0 Å². The standard InChI is InChI=1S/C17H27N5S/c1-4-15-7-8-16(23-15)12-20-17(18-5-2)19-9-6-10-22-13-14(3)11-21-22/h7-8,11,13H,4-6,9-10,12H2,1-3H3,(H2,18,19,20). The maximum absolute atomic E-state index is 4.66. The largest absolute Gasteiger partial charge is 0.357 e. The predicted octanol–water partition coefficient (Wildman–Crippen LogP) is 2.96. The number of hydrogen-bond donors (Lipinski definition) is 2. The average Bonchev–Trinajstić information content (AvgIpc) is 3.17. The van der Waals surface area contributed by atoms with Crippen LogP contribution >= 0.6 is 11.3 Å². The van der Waals surface area contributed by atoms with E-state index >= 15 is 0 Å². The first-order valence-corrected chi connectivity index (χ1v) is 9.11. The monoisotopic (exact) mass is 333 g/mol. The number of hydrogen-bond acceptors (Lipinski definition) is 3. The Morgan fingerprint density at radius 1 is 1.26 bits per heavy atom. The molecule has 0 aromatic carbocycles. The highest BCUT2D eigenvalue weighted by Crippen LogP contribution is 2.17. The number of aryl methyl sites for hydroxylation is 3. The maximum atomic E-state index is 4.66. The first-order chi connectivity index (χ1) is 11.2. The third kappa shape index (κ3) is 6.06. The highest BCUT2D eigenvalue weighted by atomic mass is 32.1. The minimum Gasteiger partial charge on any atom is -0.357 e. The van der Waals surface area contributed by atoms with Gasteiger partial charge >= 0.3 is 0 Å². The van der Waals surface area contributed by atoms with Crippen molar-refractivity contribution in [1.82, 2.24) is 20.4 Å². The summed E-state index contributed by atoms with van der Waals surface area (Å²) in [4.78, 5) is 7.39. The molecule has 0 saturated heterocycles. The number of aromatic nitrogens is 2. The Balaban J connectivity index is 1.76. The minimum absolute atomic E-state index is 0.734. The summed E-state index contributed by atoms with van der Waals surface area (Å²) >= 11 is 1.85. The molecule has 0 amide bonds. The molecule has 2 heterocycles. The molecule has 0 spiro atoms. The number of rotatable bonds is 8. The second kappa shape index (κ2) is 9.35. The van der Waals surface area contributed by atoms with Crippen molar-refractivity contribution in [2.24, 2.45) is 4.99 Å². The van der Waals surface area contributed by atoms with Gasteiger partial charge < -0.3 is 10.6 Å². The molecular formula is C17H27N5S. The van der Waals surface area contributed by atoms with Crippen LogP contribution in [0.1, 0.15) is 35.6 Å². The van der Waals surface area contributed by atoms with Crippen molar-refractivity contribution in [1.29, 1.82) is 0 Å². The molecule has 0 aliphatic heterocycles. The molecule has 0 saturated carbocycles. The highest BCUT2D eigenvalue weighted by molar-refractivity contribution is 7.11. The van der Waals surface area contributed by atoms with Crippen molar-refractivity contribution < 1.29 is 0 Å². The van der Waals surface area contributed by atoms with Crippen LogP contribution in [0.2, 0.25) is 0 Å². The zero-order chi connectivity index (χ0) is 16.5. The predicted molar refractivity (Wildman–Crippen MR) is 98.1 cm³/mol. The lowest BCUT2D eigenvalue weighted by molar-refractivity contribution is 0.570. The Morgan fingerprint density at radius 3 is 2.74 bits per heavy atom. The van der Waals surface area contributed by atoms with Crippen LogP contribution in [0.25, 0.3) is 0 Å². The number of guanidine groups is 1. The van der Waals surface area contributed by atoms with Gasteiger partial charge in [-0.2, -0.15) is 5.10 Å². The van der Waals surface area contributed by atoms with E-state index in [4.69, 9.17) is 0 Å². The number of nitrogens with zero attached hydrogens (tertiary/aromatic N) is 3. The minimum atomic E-state index is 0.734. The fourth-order valence-corrected chi connectivity index (χ4v) is 3.12. The Bertz CT molecular complexity index is 614. The van der Waals surface area contributed by atoms with Crippen LogP contribution in [0.4, 0.5) is 0 Å². The molecule has 126 valence electrons. The van der Waals surface area contributed by atoms with Crippen molar-refractivity contribution in [2.45, 2.75) is 46.7 Å². The van der Waals surface area contributed by atoms with Gasteiger partial charge in [0.15, 0.2) is 5.96 Å². The Morgan fingerprint density at radius 2 is 2.09 bits per heavy atom. The molecule has 0 radical (unpaired) electrons. The van der Waals surface area contributed by atoms with Crippen LogP contribution < -0.4 is 10.6 Å². The SMILES string of the molecule is CCNC(=NCc1ccc(CC)s1)NCCCn1cc(C)cn1. The summed E-state index contributed by atoms with van der Waals surface area (Å²) in [5.74, 6) is 0.885. The molecule has 0 aliphatic rings. The fourth-order valence-electron chi connectivity index (χ4n) is 2.23. The van der Waals surface area contributed by atoms with Crippen molar-refractivity contribution >= 4 is 17.3 Å². The van der Waals surface area contributed by atoms with Gasteiger partial charge in [-0.15, -0.1) is 11.3 Å². The summed E-state index contributed by atoms with van der Waals surface area (Å²) < 4.78 is 1.99. The Labute approximate surface area is 142 Å². The van der Waals surface area contributed by atoms with Gasteiger partial charge in [0.25, 0.3) is 0 Å². The van der Waals surface area contributed by atoms with Gasteiger partial charge in [-0.3, -0.25) is 4.68 Å². The molecule has 0 unspecified atom stereocenters. The van der Waals surface area contributed by atoms with Crippen LogP contribution in [0.3, 0.4) is 0 Å². The highest BCUT2D eigenvalue weighted by Gasteiger charge is 2.01. The first kappa shape index (κ1) is 17.5. The summed E-state index contributed by atoms with van der Waals surface area (Å²) in [5.41, 5.74) is 1.20. The lowest BCUT2D eigenvalue weighted by Crippen LogP contribution is -2.38. The van der Waals surface area contributed by atoms with Crippen LogP contribution in [-0.2, 0) is 19.5 Å². The van der Waals surface area contributed by atoms with E-state index < -0.39 is 0 Å². The molecule has 0 aliphatic carbocycles. The third-order valence-corrected chi connectivity index (χ3v) is 4.64. The molecule has 23 heavy (non-hydrogen) atoms. The normalized spacial score (nSPS) is 11.7. The van der Waals surface area contributed by atoms with E-state index in [9.17, 15) is 0 Å². The molecule has 0 fully saturated rings. The lowest BCUT2D eigenvalue weighted by Gasteiger charge is -2.11. The smallest absolute Gasteiger partial charge is 0.191 e. The molecule has 2 aromatic rings. The summed E-state index contributed by atoms with van der Waals surface area (Å²) in [6.45, 7) is 9.75. The zero-order valence-corrected chi connectivity index (χ0v) is 15.1. The van der Waals surface area contributed by atoms with Gasteiger partial charge in [0.1, 0.15) is 0 Å². The van der Waals surface area contributed by atoms with Gasteiger partial charge in [-0.05, 0) is 44.4 Å². The Hall–Kier alpha value is -1.82. The van der Waals surface area contributed by atoms with E-state index in [2.05, 4.69) is 59.8 Å². The summed E-state index contributed by atoms with van der Waals surface area (Å²) in [5, 5.41) is 11.0. The maximum Gasteiger partial charge on any atom is 0.191 e. The molecule has 0 bridgehead atoms. The molecule has 2 rings (SSSR count). The summed E-state index contributed by atoms with van der Waals surface area (Å²) in [6.07, 6.45) is 6.08. The van der Waals surface area contributed by atoms with Crippen LogP contribution in [0, 0.1) is 6.92 Å². The summed E-state index contributed by atoms with van der Waals surface area (Å²) in [6, 6.07) is 4.37. The van der Waals surface area contributed by atoms with E-state index in [0.717, 1.165) is 45.0 Å². The van der Waals surface area contributed by atoms with E-state index in [1.54, 1.807) is 0 Å². The molecule has 2 N–H and O–H groups in total. The van der Waals surface area contributed by atoms with E-state index in [1.165, 1.54) is 15.3 Å². The molecule has 5 nitrogen and oxygen atoms in total. The average molecular weight is 334 g/mol. The molecule has 2 aromatic heterocycles. The second-order valence-electron chi connectivity index (χ2n) is 5.48. The summed E-state index contributed by atoms with van der Waals surface area (Å²) in [7, 11) is 0. The molecule has 0 atom stereocenters. The number of thiophene rings is 1. The van der Waals surface area contributed by atoms with Crippen LogP contribution in [0.15, 0.2) is 29.5 Å². The van der Waals surface area contributed by atoms with Crippen molar-refractivity contribution in [3.63, 3.8) is 0 Å². The van der Waals surface area contributed by atoms with Gasteiger partial charge in [0.2, 0.25) is 0 Å². The molecular weight excluding hydrogens is 306 g/mol. The van der Waals surface area contributed by atoms with Crippen LogP contribution in [-0.4, -0.2) is 28.8 Å². The number of nitrogens with one attached hydrogen (secondary N) is 2. The van der Waals surface area contributed by atoms with Crippen molar-refractivity contribution in [2.75, 3.05) is 13.1 Å². The quantitative estimate of drug-likeness (QED) is 0.444. The van der Waals surface area contributed by atoms with E-state index in [1.807, 2.05) is 22.2 Å². The van der Waals surface area contributed by atoms with Gasteiger partial charge in [0.05, 0.1) is 12.7 Å². The van der Waals surface area contributed by atoms with Crippen molar-refractivity contribution in [3.8, 4) is 0 Å². The number of aliphatic imine (C=N–C) groups is 1. The fraction of sp³-hybridized carbons (Fsp3) is 0.529. The van der Waals surface area contributed by atoms with Crippen molar-refractivity contribution in [3.05, 3.63) is 39.8 Å². The van der Waals surface area contributed by atoms with Crippen LogP contribution in [0.5, 0.6) is 0 Å². The van der Waals surface area contributed by atoms with Gasteiger partial charge in [0, 0.05) is 35.6 Å². The molecule has 6 heteroatoms. The lowest BCUT2D eigenvalue weighted by atomic mass is 10.4. The first-order valence-electron chi connectivity index (χ1n) is 8.30.